The number of aliphatic hydroxyl groups excluding tert-OH is 3. The van der Waals surface area contributed by atoms with Crippen molar-refractivity contribution in [1.29, 1.82) is 0 Å². The van der Waals surface area contributed by atoms with Crippen molar-refractivity contribution in [3.8, 4) is 0 Å². The van der Waals surface area contributed by atoms with Crippen LogP contribution in [0.1, 0.15) is 38.1 Å². The van der Waals surface area contributed by atoms with Gasteiger partial charge in [0, 0.05) is 7.11 Å². The molecular weight excluding hydrogens is 444 g/mol. The van der Waals surface area contributed by atoms with Crippen LogP contribution in [0.4, 0.5) is 0 Å². The summed E-state index contributed by atoms with van der Waals surface area (Å²) in [4.78, 5) is 36.6. The van der Waals surface area contributed by atoms with Crippen LogP contribution >= 0.6 is 0 Å². The van der Waals surface area contributed by atoms with Crippen LogP contribution in [0.25, 0.3) is 0 Å². The first-order chi connectivity index (χ1) is 15.9. The summed E-state index contributed by atoms with van der Waals surface area (Å²) in [6.07, 6.45) is -3.41. The third kappa shape index (κ3) is 10.0. The lowest BCUT2D eigenvalue weighted by atomic mass is 9.94. The van der Waals surface area contributed by atoms with Crippen LogP contribution in [0, 0.1) is 5.41 Å². The minimum Gasteiger partial charge on any atom is -0.460 e. The quantitative estimate of drug-likeness (QED) is 0.161. The van der Waals surface area contributed by atoms with Gasteiger partial charge in [0.15, 0.2) is 6.10 Å². The number of esters is 1. The maximum atomic E-state index is 12.5. The zero-order valence-electron chi connectivity index (χ0n) is 20.2. The largest absolute Gasteiger partial charge is 0.460 e. The summed E-state index contributed by atoms with van der Waals surface area (Å²) in [5.41, 5.74) is 0.131. The van der Waals surface area contributed by atoms with Gasteiger partial charge in [-0.15, -0.1) is 0 Å². The number of carbonyl (C=O) groups is 3. The number of nitrogens with one attached hydrogen (secondary N) is 2. The molecule has 0 spiro atoms. The van der Waals surface area contributed by atoms with Gasteiger partial charge in [0.25, 0.3) is 5.91 Å². The Kier molecular flexibility index (Phi) is 11.9. The van der Waals surface area contributed by atoms with Crippen LogP contribution in [0.5, 0.6) is 0 Å². The maximum absolute atomic E-state index is 12.5. The lowest BCUT2D eigenvalue weighted by Crippen LogP contribution is -2.55. The van der Waals surface area contributed by atoms with E-state index in [0.717, 1.165) is 7.11 Å². The number of benzene rings is 1. The first kappa shape index (κ1) is 29.2. The first-order valence-electron chi connectivity index (χ1n) is 10.9. The van der Waals surface area contributed by atoms with E-state index in [2.05, 4.69) is 10.6 Å². The van der Waals surface area contributed by atoms with Gasteiger partial charge in [-0.2, -0.15) is 0 Å². The zero-order chi connectivity index (χ0) is 25.9. The standard InChI is InChI=1S/C24H36N2O8/c1-15(21(30)25-13-14-34-23(32)16-9-7-6-8-10-16)26-22(31)20(33-5)19(29)18(28)17(27)11-12-24(2,3)4/h6-12,15,17-20,27-29H,13-14H2,1-5H3,(H,25,30)(H,26,31)/b12-11+/t15-,17+,18-,19+,20+/m0/s1. The van der Waals surface area contributed by atoms with Gasteiger partial charge in [0.2, 0.25) is 5.91 Å². The van der Waals surface area contributed by atoms with Gasteiger partial charge in [-0.1, -0.05) is 51.1 Å². The van der Waals surface area contributed by atoms with Crippen molar-refractivity contribution >= 4 is 17.8 Å². The van der Waals surface area contributed by atoms with Crippen LogP contribution in [-0.4, -0.2) is 83.8 Å². The van der Waals surface area contributed by atoms with Gasteiger partial charge in [0.1, 0.15) is 31.0 Å². The molecule has 190 valence electrons. The molecule has 0 aliphatic rings. The number of rotatable bonds is 12. The number of hydrogen-bond donors (Lipinski definition) is 5. The summed E-state index contributed by atoms with van der Waals surface area (Å²) >= 11 is 0. The van der Waals surface area contributed by atoms with E-state index in [9.17, 15) is 29.7 Å². The predicted octanol–water partition coefficient (Wildman–Crippen LogP) is 0.164. The fourth-order valence-electron chi connectivity index (χ4n) is 2.77. The molecule has 0 aromatic heterocycles. The van der Waals surface area contributed by atoms with E-state index in [1.165, 1.54) is 13.0 Å². The lowest BCUT2D eigenvalue weighted by molar-refractivity contribution is -0.150. The van der Waals surface area contributed by atoms with Gasteiger partial charge in [0.05, 0.1) is 12.1 Å². The molecule has 0 aliphatic carbocycles. The highest BCUT2D eigenvalue weighted by Gasteiger charge is 2.36. The summed E-state index contributed by atoms with van der Waals surface area (Å²) in [5.74, 6) is -1.92. The summed E-state index contributed by atoms with van der Waals surface area (Å²) in [6, 6.07) is 7.38. The number of hydrogen-bond acceptors (Lipinski definition) is 8. The Hall–Kier alpha value is -2.79. The average Bonchev–Trinajstić information content (AvgIpc) is 2.79. The molecule has 1 aromatic carbocycles. The van der Waals surface area contributed by atoms with Crippen LogP contribution in [-0.2, 0) is 19.1 Å². The normalized spacial score (nSPS) is 16.2. The summed E-state index contributed by atoms with van der Waals surface area (Å²) in [7, 11) is 1.16. The van der Waals surface area contributed by atoms with Crippen molar-refractivity contribution in [2.45, 2.75) is 58.2 Å². The second kappa shape index (κ2) is 13.8. The fraction of sp³-hybridized carbons (Fsp3) is 0.542. The fourth-order valence-corrected chi connectivity index (χ4v) is 2.77. The Morgan fingerprint density at radius 3 is 2.21 bits per heavy atom. The molecule has 1 aromatic rings. The second-order valence-corrected chi connectivity index (χ2v) is 8.88. The van der Waals surface area contributed by atoms with Crippen molar-refractivity contribution in [3.05, 3.63) is 48.0 Å². The molecule has 0 unspecified atom stereocenters. The summed E-state index contributed by atoms with van der Waals surface area (Å²) in [5, 5.41) is 35.6. The average molecular weight is 481 g/mol. The van der Waals surface area contributed by atoms with Gasteiger partial charge in [-0.25, -0.2) is 4.79 Å². The van der Waals surface area contributed by atoms with Crippen LogP contribution in [0.2, 0.25) is 0 Å². The molecule has 34 heavy (non-hydrogen) atoms. The molecule has 0 fully saturated rings. The highest BCUT2D eigenvalue weighted by Crippen LogP contribution is 2.17. The van der Waals surface area contributed by atoms with Gasteiger partial charge >= 0.3 is 5.97 Å². The van der Waals surface area contributed by atoms with E-state index in [4.69, 9.17) is 9.47 Å². The molecule has 0 radical (unpaired) electrons. The molecular formula is C24H36N2O8. The highest BCUT2D eigenvalue weighted by molar-refractivity contribution is 5.90. The van der Waals surface area contributed by atoms with Crippen molar-refractivity contribution in [2.75, 3.05) is 20.3 Å². The highest BCUT2D eigenvalue weighted by atomic mass is 16.5. The van der Waals surface area contributed by atoms with Gasteiger partial charge in [-0.3, -0.25) is 9.59 Å². The number of allylic oxidation sites excluding steroid dienone is 1. The smallest absolute Gasteiger partial charge is 0.338 e. The van der Waals surface area contributed by atoms with Crippen molar-refractivity contribution in [2.24, 2.45) is 5.41 Å². The van der Waals surface area contributed by atoms with E-state index in [1.54, 1.807) is 36.4 Å². The number of amides is 2. The van der Waals surface area contributed by atoms with Crippen molar-refractivity contribution in [1.82, 2.24) is 10.6 Å². The third-order valence-corrected chi connectivity index (χ3v) is 4.71. The lowest BCUT2D eigenvalue weighted by Gasteiger charge is -2.28. The first-order valence-corrected chi connectivity index (χ1v) is 10.9. The minimum absolute atomic E-state index is 0.0268. The Bertz CT molecular complexity index is 822. The maximum Gasteiger partial charge on any atom is 0.338 e. The Morgan fingerprint density at radius 1 is 1.03 bits per heavy atom. The molecule has 0 saturated carbocycles. The van der Waals surface area contributed by atoms with E-state index in [-0.39, 0.29) is 18.6 Å². The summed E-state index contributed by atoms with van der Waals surface area (Å²) in [6.45, 7) is 7.06. The Labute approximate surface area is 200 Å². The Balaban J connectivity index is 2.52. The molecule has 5 N–H and O–H groups in total. The van der Waals surface area contributed by atoms with Crippen LogP contribution in [0.3, 0.4) is 0 Å². The molecule has 5 atom stereocenters. The molecule has 0 aliphatic heterocycles. The number of aliphatic hydroxyl groups is 3. The Morgan fingerprint density at radius 2 is 1.65 bits per heavy atom. The third-order valence-electron chi connectivity index (χ3n) is 4.71. The molecule has 10 heteroatoms. The molecule has 0 heterocycles. The molecule has 0 saturated heterocycles. The number of methoxy groups -OCH3 is 1. The monoisotopic (exact) mass is 480 g/mol. The predicted molar refractivity (Wildman–Crippen MR) is 125 cm³/mol. The van der Waals surface area contributed by atoms with E-state index in [0.29, 0.717) is 5.56 Å². The SMILES string of the molecule is CO[C@@H](C(=O)N[C@@H](C)C(=O)NCCOC(=O)c1ccccc1)[C@H](O)[C@@H](O)[C@H](O)/C=C/C(C)(C)C. The van der Waals surface area contributed by atoms with Crippen LogP contribution in [0.15, 0.2) is 42.5 Å². The van der Waals surface area contributed by atoms with Crippen LogP contribution < -0.4 is 10.6 Å². The minimum atomic E-state index is -1.75. The van der Waals surface area contributed by atoms with Crippen molar-refractivity contribution < 1.29 is 39.2 Å². The second-order valence-electron chi connectivity index (χ2n) is 8.88. The molecule has 0 bridgehead atoms. The van der Waals surface area contributed by atoms with E-state index >= 15 is 0 Å². The van der Waals surface area contributed by atoms with E-state index in [1.807, 2.05) is 20.8 Å². The summed E-state index contributed by atoms with van der Waals surface area (Å²) < 4.78 is 10.1. The number of ether oxygens (including phenoxy) is 2. The topological polar surface area (TPSA) is 154 Å². The van der Waals surface area contributed by atoms with Gasteiger partial charge in [-0.05, 0) is 24.5 Å². The number of carbonyl (C=O) groups excluding carboxylic acids is 3. The van der Waals surface area contributed by atoms with E-state index < -0.39 is 48.2 Å². The molecule has 10 nitrogen and oxygen atoms in total. The molecule has 1 rings (SSSR count). The zero-order valence-corrected chi connectivity index (χ0v) is 20.2. The molecule has 2 amide bonds. The van der Waals surface area contributed by atoms with Gasteiger partial charge < -0.3 is 35.4 Å². The van der Waals surface area contributed by atoms with Crippen molar-refractivity contribution in [3.63, 3.8) is 0 Å².